The highest BCUT2D eigenvalue weighted by Crippen LogP contribution is 2.29. The van der Waals surface area contributed by atoms with Crippen molar-refractivity contribution in [2.24, 2.45) is 0 Å². The molecule has 0 aliphatic heterocycles. The van der Waals surface area contributed by atoms with Crippen LogP contribution < -0.4 is 0 Å². The Labute approximate surface area is 97.3 Å². The average Bonchev–Trinajstić information content (AvgIpc) is 2.80. The summed E-state index contributed by atoms with van der Waals surface area (Å²) >= 11 is 0. The van der Waals surface area contributed by atoms with Gasteiger partial charge in [-0.1, -0.05) is 6.07 Å². The van der Waals surface area contributed by atoms with Gasteiger partial charge < -0.3 is 14.6 Å². The topological polar surface area (TPSA) is 83.6 Å². The number of rotatable bonds is 3. The minimum atomic E-state index is -1.40. The molecule has 2 heterocycles. The number of pyridine rings is 1. The molecule has 0 aromatic carbocycles. The molecule has 2 N–H and O–H groups in total. The van der Waals surface area contributed by atoms with Gasteiger partial charge in [-0.3, -0.25) is 4.98 Å². The monoisotopic (exact) mass is 233 g/mol. The van der Waals surface area contributed by atoms with Gasteiger partial charge in [0, 0.05) is 18.0 Å². The Hall–Kier alpha value is -2.14. The van der Waals surface area contributed by atoms with Crippen LogP contribution in [-0.2, 0) is 5.60 Å². The van der Waals surface area contributed by atoms with Gasteiger partial charge in [0.15, 0.2) is 0 Å². The van der Waals surface area contributed by atoms with E-state index in [1.807, 2.05) is 0 Å². The zero-order valence-electron chi connectivity index (χ0n) is 9.12. The van der Waals surface area contributed by atoms with Crippen molar-refractivity contribution in [1.82, 2.24) is 4.98 Å². The molecule has 0 spiro atoms. The van der Waals surface area contributed by atoms with E-state index in [1.165, 1.54) is 25.3 Å². The third kappa shape index (κ3) is 2.05. The van der Waals surface area contributed by atoms with Crippen LogP contribution in [0.25, 0.3) is 0 Å². The van der Waals surface area contributed by atoms with Crippen molar-refractivity contribution in [2.75, 3.05) is 0 Å². The molecule has 0 fully saturated rings. The Morgan fingerprint density at radius 2 is 2.18 bits per heavy atom. The first kappa shape index (κ1) is 11.3. The molecule has 2 aromatic heterocycles. The number of carbonyl (C=O) groups is 1. The maximum absolute atomic E-state index is 10.7. The molecule has 5 nitrogen and oxygen atoms in total. The second-order valence-electron chi connectivity index (χ2n) is 3.78. The Kier molecular flexibility index (Phi) is 2.69. The van der Waals surface area contributed by atoms with Crippen molar-refractivity contribution in [3.05, 3.63) is 53.7 Å². The van der Waals surface area contributed by atoms with Crippen LogP contribution >= 0.6 is 0 Å². The molecule has 5 heteroatoms. The Morgan fingerprint density at radius 1 is 1.41 bits per heavy atom. The first-order valence-electron chi connectivity index (χ1n) is 4.98. The second kappa shape index (κ2) is 4.03. The lowest BCUT2D eigenvalue weighted by molar-refractivity contribution is 0.0600. The van der Waals surface area contributed by atoms with Gasteiger partial charge in [-0.05, 0) is 25.1 Å². The summed E-state index contributed by atoms with van der Waals surface area (Å²) in [6, 6.07) is 6.12. The van der Waals surface area contributed by atoms with Gasteiger partial charge in [0.1, 0.15) is 11.4 Å². The fourth-order valence-electron chi connectivity index (χ4n) is 1.51. The normalized spacial score (nSPS) is 14.2. The molecule has 2 aromatic rings. The van der Waals surface area contributed by atoms with Gasteiger partial charge >= 0.3 is 5.97 Å². The van der Waals surface area contributed by atoms with Crippen molar-refractivity contribution in [3.63, 3.8) is 0 Å². The standard InChI is InChI=1S/C12H11NO4/c1-12(16,8-3-2-6-13-7-8)10-5-4-9(17-10)11(14)15/h2-7,16H,1H3,(H,14,15). The third-order valence-electron chi connectivity index (χ3n) is 2.52. The van der Waals surface area contributed by atoms with E-state index in [0.717, 1.165) is 0 Å². The summed E-state index contributed by atoms with van der Waals surface area (Å²) in [6.07, 6.45) is 3.09. The lowest BCUT2D eigenvalue weighted by atomic mass is 9.95. The highest BCUT2D eigenvalue weighted by atomic mass is 16.4. The number of aliphatic hydroxyl groups is 1. The number of hydrogen-bond acceptors (Lipinski definition) is 4. The minimum Gasteiger partial charge on any atom is -0.475 e. The van der Waals surface area contributed by atoms with E-state index in [-0.39, 0.29) is 11.5 Å². The fourth-order valence-corrected chi connectivity index (χ4v) is 1.51. The maximum Gasteiger partial charge on any atom is 0.371 e. The summed E-state index contributed by atoms with van der Waals surface area (Å²) in [5, 5.41) is 19.1. The predicted molar refractivity (Wildman–Crippen MR) is 58.6 cm³/mol. The van der Waals surface area contributed by atoms with Gasteiger partial charge in [-0.15, -0.1) is 0 Å². The first-order chi connectivity index (χ1) is 8.01. The summed E-state index contributed by atoms with van der Waals surface area (Å²) in [5.74, 6) is -1.20. The van der Waals surface area contributed by atoms with Gasteiger partial charge in [-0.2, -0.15) is 0 Å². The summed E-state index contributed by atoms with van der Waals surface area (Å²) in [7, 11) is 0. The molecule has 0 saturated heterocycles. The lowest BCUT2D eigenvalue weighted by Gasteiger charge is -2.20. The van der Waals surface area contributed by atoms with Crippen LogP contribution in [0.1, 0.15) is 28.8 Å². The van der Waals surface area contributed by atoms with E-state index in [2.05, 4.69) is 4.98 Å². The van der Waals surface area contributed by atoms with Crippen molar-refractivity contribution in [3.8, 4) is 0 Å². The molecular formula is C12H11NO4. The third-order valence-corrected chi connectivity index (χ3v) is 2.52. The van der Waals surface area contributed by atoms with Gasteiger partial charge in [0.2, 0.25) is 5.76 Å². The Morgan fingerprint density at radius 3 is 2.71 bits per heavy atom. The number of hydrogen-bond donors (Lipinski definition) is 2. The Bertz CT molecular complexity index is 530. The summed E-state index contributed by atoms with van der Waals surface area (Å²) in [4.78, 5) is 14.6. The smallest absolute Gasteiger partial charge is 0.371 e. The van der Waals surface area contributed by atoms with Gasteiger partial charge in [-0.25, -0.2) is 4.79 Å². The molecular weight excluding hydrogens is 222 g/mol. The van der Waals surface area contributed by atoms with Crippen LogP contribution in [0.2, 0.25) is 0 Å². The van der Waals surface area contributed by atoms with E-state index in [4.69, 9.17) is 9.52 Å². The predicted octanol–water partition coefficient (Wildman–Crippen LogP) is 1.63. The first-order valence-corrected chi connectivity index (χ1v) is 4.98. The summed E-state index contributed by atoms with van der Waals surface area (Å²) < 4.78 is 5.09. The highest BCUT2D eigenvalue weighted by molar-refractivity contribution is 5.84. The van der Waals surface area contributed by atoms with Crippen LogP contribution in [-0.4, -0.2) is 21.2 Å². The summed E-state index contributed by atoms with van der Waals surface area (Å²) in [5.41, 5.74) is -0.867. The van der Waals surface area contributed by atoms with E-state index in [0.29, 0.717) is 5.56 Å². The van der Waals surface area contributed by atoms with Crippen LogP contribution in [0, 0.1) is 0 Å². The number of aromatic nitrogens is 1. The SMILES string of the molecule is CC(O)(c1cccnc1)c1ccc(C(=O)O)o1. The number of aromatic carboxylic acids is 1. The number of nitrogens with zero attached hydrogens (tertiary/aromatic N) is 1. The summed E-state index contributed by atoms with van der Waals surface area (Å²) in [6.45, 7) is 1.52. The van der Waals surface area contributed by atoms with E-state index >= 15 is 0 Å². The van der Waals surface area contributed by atoms with Crippen molar-refractivity contribution < 1.29 is 19.4 Å². The van der Waals surface area contributed by atoms with Crippen LogP contribution in [0.3, 0.4) is 0 Å². The zero-order chi connectivity index (χ0) is 12.5. The second-order valence-corrected chi connectivity index (χ2v) is 3.78. The van der Waals surface area contributed by atoms with E-state index in [9.17, 15) is 9.90 Å². The Balaban J connectivity index is 2.41. The van der Waals surface area contributed by atoms with Crippen molar-refractivity contribution in [2.45, 2.75) is 12.5 Å². The number of carboxylic acid groups (broad SMARTS) is 1. The molecule has 0 aliphatic carbocycles. The highest BCUT2D eigenvalue weighted by Gasteiger charge is 2.30. The lowest BCUT2D eigenvalue weighted by Crippen LogP contribution is -2.22. The minimum absolute atomic E-state index is 0.169. The van der Waals surface area contributed by atoms with E-state index in [1.54, 1.807) is 18.3 Å². The fraction of sp³-hybridized carbons (Fsp3) is 0.167. The van der Waals surface area contributed by atoms with Gasteiger partial charge in [0.25, 0.3) is 0 Å². The van der Waals surface area contributed by atoms with E-state index < -0.39 is 11.6 Å². The van der Waals surface area contributed by atoms with Gasteiger partial charge in [0.05, 0.1) is 0 Å². The zero-order valence-corrected chi connectivity index (χ0v) is 9.12. The molecule has 0 saturated carbocycles. The molecule has 88 valence electrons. The molecule has 0 aliphatic rings. The molecule has 2 rings (SSSR count). The molecule has 1 atom stereocenters. The number of furan rings is 1. The van der Waals surface area contributed by atoms with Crippen LogP contribution in [0.15, 0.2) is 41.1 Å². The molecule has 1 unspecified atom stereocenters. The molecule has 0 radical (unpaired) electrons. The molecule has 17 heavy (non-hydrogen) atoms. The maximum atomic E-state index is 10.7. The van der Waals surface area contributed by atoms with Crippen LogP contribution in [0.5, 0.6) is 0 Å². The average molecular weight is 233 g/mol. The quantitative estimate of drug-likeness (QED) is 0.841. The molecule has 0 bridgehead atoms. The number of carboxylic acids is 1. The van der Waals surface area contributed by atoms with Crippen molar-refractivity contribution >= 4 is 5.97 Å². The largest absolute Gasteiger partial charge is 0.475 e. The van der Waals surface area contributed by atoms with Crippen LogP contribution in [0.4, 0.5) is 0 Å². The molecule has 0 amide bonds. The van der Waals surface area contributed by atoms with Crippen molar-refractivity contribution in [1.29, 1.82) is 0 Å².